The SMILES string of the molecule is CC(I)OC(=O)c1nc(-c2ccc(C(=O)NCCC(F)(F)F)cc2)cs1. The summed E-state index contributed by atoms with van der Waals surface area (Å²) in [6.45, 7) is 1.25. The Balaban J connectivity index is 2.00. The predicted molar refractivity (Wildman–Crippen MR) is 99.5 cm³/mol. The van der Waals surface area contributed by atoms with Crippen molar-refractivity contribution in [2.45, 2.75) is 23.6 Å². The van der Waals surface area contributed by atoms with Crippen LogP contribution in [0, 0.1) is 0 Å². The van der Waals surface area contributed by atoms with E-state index in [2.05, 4.69) is 10.3 Å². The third kappa shape index (κ3) is 6.24. The van der Waals surface area contributed by atoms with E-state index in [0.29, 0.717) is 11.3 Å². The summed E-state index contributed by atoms with van der Waals surface area (Å²) in [4.78, 5) is 27.8. The number of thiazole rings is 1. The van der Waals surface area contributed by atoms with E-state index >= 15 is 0 Å². The highest BCUT2D eigenvalue weighted by atomic mass is 127. The van der Waals surface area contributed by atoms with Gasteiger partial charge in [0.2, 0.25) is 5.01 Å². The Bertz CT molecular complexity index is 776. The summed E-state index contributed by atoms with van der Waals surface area (Å²) in [5.74, 6) is -1.09. The van der Waals surface area contributed by atoms with Gasteiger partial charge in [-0.3, -0.25) is 4.79 Å². The zero-order valence-corrected chi connectivity index (χ0v) is 16.4. The summed E-state index contributed by atoms with van der Waals surface area (Å²) in [6.07, 6.45) is -5.39. The first kappa shape index (κ1) is 20.6. The van der Waals surface area contributed by atoms with Gasteiger partial charge in [-0.25, -0.2) is 9.78 Å². The van der Waals surface area contributed by atoms with Crippen LogP contribution in [0.3, 0.4) is 0 Å². The number of amides is 1. The first-order chi connectivity index (χ1) is 12.2. The summed E-state index contributed by atoms with van der Waals surface area (Å²) in [6, 6.07) is 6.21. The normalized spacial score (nSPS) is 12.5. The van der Waals surface area contributed by atoms with E-state index in [9.17, 15) is 22.8 Å². The summed E-state index contributed by atoms with van der Waals surface area (Å²) in [5.41, 5.74) is 1.46. The monoisotopic (exact) mass is 498 g/mol. The molecular formula is C16H14F3IN2O3S. The molecule has 1 unspecified atom stereocenters. The highest BCUT2D eigenvalue weighted by molar-refractivity contribution is 14.1. The number of halogens is 4. The van der Waals surface area contributed by atoms with Crippen LogP contribution in [0.4, 0.5) is 13.2 Å². The summed E-state index contributed by atoms with van der Waals surface area (Å²) in [7, 11) is 0. The Morgan fingerprint density at radius 2 is 1.96 bits per heavy atom. The zero-order valence-electron chi connectivity index (χ0n) is 13.5. The van der Waals surface area contributed by atoms with Crippen LogP contribution >= 0.6 is 33.9 Å². The molecule has 2 aromatic rings. The van der Waals surface area contributed by atoms with Crippen LogP contribution < -0.4 is 5.32 Å². The van der Waals surface area contributed by atoms with E-state index in [0.717, 1.165) is 11.3 Å². The van der Waals surface area contributed by atoms with Gasteiger partial charge in [-0.2, -0.15) is 13.2 Å². The van der Waals surface area contributed by atoms with Crippen molar-refractivity contribution in [3.8, 4) is 11.3 Å². The second kappa shape index (κ2) is 8.80. The first-order valence-electron chi connectivity index (χ1n) is 7.41. The van der Waals surface area contributed by atoms with Gasteiger partial charge in [-0.05, 0) is 41.6 Å². The number of nitrogens with zero attached hydrogens (tertiary/aromatic N) is 1. The molecule has 0 saturated heterocycles. The number of aromatic nitrogens is 1. The number of nitrogens with one attached hydrogen (secondary N) is 1. The van der Waals surface area contributed by atoms with E-state index in [1.807, 2.05) is 22.6 Å². The summed E-state index contributed by atoms with van der Waals surface area (Å²) >= 11 is 3.10. The van der Waals surface area contributed by atoms with Crippen molar-refractivity contribution in [3.05, 3.63) is 40.2 Å². The first-order valence-corrected chi connectivity index (χ1v) is 9.54. The molecule has 1 aromatic heterocycles. The molecule has 0 saturated carbocycles. The molecule has 1 amide bonds. The molecule has 1 heterocycles. The number of carbonyl (C=O) groups excluding carboxylic acids is 2. The van der Waals surface area contributed by atoms with Crippen LogP contribution in [0.2, 0.25) is 0 Å². The number of hydrogen-bond donors (Lipinski definition) is 1. The Hall–Kier alpha value is -1.69. The molecule has 0 bridgehead atoms. The van der Waals surface area contributed by atoms with Gasteiger partial charge in [-0.15, -0.1) is 11.3 Å². The predicted octanol–water partition coefficient (Wildman–Crippen LogP) is 4.43. The molecule has 0 spiro atoms. The van der Waals surface area contributed by atoms with Crippen molar-refractivity contribution in [1.82, 2.24) is 10.3 Å². The van der Waals surface area contributed by atoms with E-state index in [1.54, 1.807) is 24.4 Å². The lowest BCUT2D eigenvalue weighted by Gasteiger charge is -2.08. The van der Waals surface area contributed by atoms with Gasteiger partial charge in [0.15, 0.2) is 0 Å². The van der Waals surface area contributed by atoms with Crippen LogP contribution in [0.5, 0.6) is 0 Å². The molecule has 26 heavy (non-hydrogen) atoms. The standard InChI is InChI=1S/C16H14F3IN2O3S/c1-9(20)25-15(24)14-22-12(8-26-14)10-2-4-11(5-3-10)13(23)21-7-6-16(17,18)19/h2-5,8-9H,6-7H2,1H3,(H,21,23). The van der Waals surface area contributed by atoms with E-state index < -0.39 is 31.0 Å². The molecule has 1 N–H and O–H groups in total. The molecule has 0 aliphatic heterocycles. The maximum absolute atomic E-state index is 12.1. The fourth-order valence-corrected chi connectivity index (χ4v) is 2.85. The smallest absolute Gasteiger partial charge is 0.390 e. The maximum atomic E-state index is 12.1. The minimum Gasteiger partial charge on any atom is -0.447 e. The van der Waals surface area contributed by atoms with Crippen molar-refractivity contribution in [3.63, 3.8) is 0 Å². The van der Waals surface area contributed by atoms with E-state index in [1.165, 1.54) is 12.1 Å². The molecule has 1 atom stereocenters. The Morgan fingerprint density at radius 3 is 2.54 bits per heavy atom. The van der Waals surface area contributed by atoms with Crippen LogP contribution in [0.25, 0.3) is 11.3 Å². The van der Waals surface area contributed by atoms with Gasteiger partial charge < -0.3 is 10.1 Å². The molecule has 140 valence electrons. The summed E-state index contributed by atoms with van der Waals surface area (Å²) < 4.78 is 41.0. The third-order valence-corrected chi connectivity index (χ3v) is 4.16. The van der Waals surface area contributed by atoms with Crippen molar-refractivity contribution in [2.75, 3.05) is 6.54 Å². The van der Waals surface area contributed by atoms with Gasteiger partial charge in [0, 0.05) is 23.1 Å². The van der Waals surface area contributed by atoms with Gasteiger partial charge in [0.05, 0.1) is 12.1 Å². The van der Waals surface area contributed by atoms with E-state index in [-0.39, 0.29) is 14.7 Å². The van der Waals surface area contributed by atoms with Crippen LogP contribution in [0.15, 0.2) is 29.6 Å². The Morgan fingerprint density at radius 1 is 1.31 bits per heavy atom. The molecule has 2 rings (SSSR count). The minimum atomic E-state index is -4.31. The van der Waals surface area contributed by atoms with Gasteiger partial charge in [0.1, 0.15) is 4.11 Å². The molecule has 10 heteroatoms. The molecule has 0 fully saturated rings. The fraction of sp³-hybridized carbons (Fsp3) is 0.312. The number of ether oxygens (including phenoxy) is 1. The molecule has 0 aliphatic carbocycles. The third-order valence-electron chi connectivity index (χ3n) is 3.09. The van der Waals surface area contributed by atoms with Crippen molar-refractivity contribution in [1.29, 1.82) is 0 Å². The Labute approximate surface area is 165 Å². The van der Waals surface area contributed by atoms with E-state index in [4.69, 9.17) is 4.74 Å². The number of rotatable bonds is 6. The number of alkyl halides is 4. The largest absolute Gasteiger partial charge is 0.447 e. The maximum Gasteiger partial charge on any atom is 0.390 e. The number of benzene rings is 1. The molecule has 0 aliphatic rings. The number of carbonyl (C=O) groups is 2. The topological polar surface area (TPSA) is 68.3 Å². The van der Waals surface area contributed by atoms with Crippen molar-refractivity contribution in [2.24, 2.45) is 0 Å². The minimum absolute atomic E-state index is 0.220. The zero-order chi connectivity index (χ0) is 19.3. The quantitative estimate of drug-likeness (QED) is 0.364. The average Bonchev–Trinajstić information content (AvgIpc) is 3.03. The number of esters is 1. The fourth-order valence-electron chi connectivity index (χ4n) is 1.91. The molecule has 5 nitrogen and oxygen atoms in total. The van der Waals surface area contributed by atoms with Gasteiger partial charge >= 0.3 is 12.1 Å². The summed E-state index contributed by atoms with van der Waals surface area (Å²) in [5, 5.41) is 4.12. The number of hydrogen-bond acceptors (Lipinski definition) is 5. The lowest BCUT2D eigenvalue weighted by Crippen LogP contribution is -2.27. The lowest BCUT2D eigenvalue weighted by atomic mass is 10.1. The second-order valence-electron chi connectivity index (χ2n) is 5.18. The van der Waals surface area contributed by atoms with Crippen LogP contribution in [0.1, 0.15) is 33.5 Å². The molecule has 0 radical (unpaired) electrons. The van der Waals surface area contributed by atoms with Gasteiger partial charge in [0.25, 0.3) is 5.91 Å². The lowest BCUT2D eigenvalue weighted by molar-refractivity contribution is -0.133. The van der Waals surface area contributed by atoms with Gasteiger partial charge in [-0.1, -0.05) is 12.1 Å². The highest BCUT2D eigenvalue weighted by Crippen LogP contribution is 2.23. The Kier molecular flexibility index (Phi) is 6.98. The average molecular weight is 498 g/mol. The second-order valence-corrected chi connectivity index (χ2v) is 7.80. The molecular weight excluding hydrogens is 484 g/mol. The molecule has 1 aromatic carbocycles. The van der Waals surface area contributed by atoms with Crippen molar-refractivity contribution < 1.29 is 27.5 Å². The van der Waals surface area contributed by atoms with Crippen molar-refractivity contribution >= 4 is 45.8 Å². The van der Waals surface area contributed by atoms with Crippen LogP contribution in [-0.4, -0.2) is 33.7 Å². The highest BCUT2D eigenvalue weighted by Gasteiger charge is 2.26. The van der Waals surface area contributed by atoms with Crippen LogP contribution in [-0.2, 0) is 4.74 Å².